The number of rotatable bonds is 11. The zero-order chi connectivity index (χ0) is 20.7. The first-order valence-electron chi connectivity index (χ1n) is 10.6. The second-order valence-corrected chi connectivity index (χ2v) is 7.53. The van der Waals surface area contributed by atoms with Crippen molar-refractivity contribution in [1.82, 2.24) is 15.5 Å². The quantitative estimate of drug-likeness (QED) is 0.333. The molecule has 0 saturated carbocycles. The Morgan fingerprint density at radius 1 is 1.17 bits per heavy atom. The van der Waals surface area contributed by atoms with Crippen molar-refractivity contribution in [1.29, 1.82) is 0 Å². The molecule has 0 aliphatic carbocycles. The highest BCUT2D eigenvalue weighted by Gasteiger charge is 2.13. The smallest absolute Gasteiger partial charge is 0.243 e. The van der Waals surface area contributed by atoms with Crippen LogP contribution in [0.4, 0.5) is 0 Å². The maximum Gasteiger partial charge on any atom is 0.243 e. The molecule has 1 heterocycles. The molecule has 1 aromatic rings. The topological polar surface area (TPSA) is 75.2 Å². The minimum Gasteiger partial charge on any atom is -0.381 e. The first-order valence-corrected chi connectivity index (χ1v) is 10.6. The number of carbonyl (C=O) groups excluding carboxylic acids is 1. The average Bonchev–Trinajstić information content (AvgIpc) is 2.75. The van der Waals surface area contributed by atoms with E-state index in [4.69, 9.17) is 9.47 Å². The lowest BCUT2D eigenvalue weighted by atomic mass is 10.0. The van der Waals surface area contributed by atoms with E-state index in [0.717, 1.165) is 65.2 Å². The van der Waals surface area contributed by atoms with E-state index in [0.29, 0.717) is 11.9 Å². The molecule has 0 atom stereocenters. The van der Waals surface area contributed by atoms with Crippen molar-refractivity contribution in [3.05, 3.63) is 35.9 Å². The summed E-state index contributed by atoms with van der Waals surface area (Å²) in [7, 11) is 3.48. The number of hydrogen-bond acceptors (Lipinski definition) is 4. The molecule has 1 aliphatic rings. The molecule has 1 fully saturated rings. The average molecular weight is 405 g/mol. The van der Waals surface area contributed by atoms with Crippen LogP contribution in [-0.2, 0) is 20.7 Å². The van der Waals surface area contributed by atoms with E-state index in [9.17, 15) is 4.79 Å². The van der Waals surface area contributed by atoms with Gasteiger partial charge in [-0.3, -0.25) is 4.79 Å². The number of ether oxygens (including phenoxy) is 2. The highest BCUT2D eigenvalue weighted by atomic mass is 16.5. The summed E-state index contributed by atoms with van der Waals surface area (Å²) < 4.78 is 11.2. The Hall–Kier alpha value is -2.12. The van der Waals surface area contributed by atoms with Crippen molar-refractivity contribution in [2.45, 2.75) is 25.7 Å². The molecule has 162 valence electrons. The molecule has 0 bridgehead atoms. The lowest BCUT2D eigenvalue weighted by Gasteiger charge is -2.21. The fraction of sp³-hybridized carbons (Fsp3) is 0.636. The molecule has 29 heavy (non-hydrogen) atoms. The van der Waals surface area contributed by atoms with Gasteiger partial charge in [0.05, 0.1) is 0 Å². The number of nitrogens with one attached hydrogen (secondary N) is 2. The first-order chi connectivity index (χ1) is 14.1. The highest BCUT2D eigenvalue weighted by molar-refractivity contribution is 5.84. The van der Waals surface area contributed by atoms with Gasteiger partial charge in [-0.05, 0) is 37.2 Å². The van der Waals surface area contributed by atoms with Crippen LogP contribution in [0.1, 0.15) is 24.8 Å². The summed E-state index contributed by atoms with van der Waals surface area (Å²) in [6, 6.07) is 10.3. The van der Waals surface area contributed by atoms with Gasteiger partial charge in [0.25, 0.3) is 0 Å². The second-order valence-electron chi connectivity index (χ2n) is 7.53. The fourth-order valence-electron chi connectivity index (χ4n) is 2.98. The summed E-state index contributed by atoms with van der Waals surface area (Å²) in [5.74, 6) is 1.28. The van der Waals surface area contributed by atoms with E-state index in [1.165, 1.54) is 5.56 Å². The van der Waals surface area contributed by atoms with Crippen LogP contribution in [0.5, 0.6) is 0 Å². The van der Waals surface area contributed by atoms with Gasteiger partial charge in [-0.1, -0.05) is 30.3 Å². The van der Waals surface area contributed by atoms with Gasteiger partial charge in [0, 0.05) is 53.6 Å². The van der Waals surface area contributed by atoms with Crippen molar-refractivity contribution in [3.63, 3.8) is 0 Å². The Balaban J connectivity index is 1.67. The van der Waals surface area contributed by atoms with Gasteiger partial charge in [-0.15, -0.1) is 0 Å². The lowest BCUT2D eigenvalue weighted by Crippen LogP contribution is -2.40. The third-order valence-corrected chi connectivity index (χ3v) is 4.87. The molecule has 0 spiro atoms. The van der Waals surface area contributed by atoms with E-state index >= 15 is 0 Å². The minimum absolute atomic E-state index is 0.0195. The molecule has 7 heteroatoms. The molecule has 2 rings (SSSR count). The standard InChI is InChI=1S/C22H36N4O3/c1-26(2)21(27)17-25-22(24-13-9-19-7-4-3-5-8-19)23-12-6-14-29-18-20-10-15-28-16-11-20/h3-5,7-8,20H,6,9-18H2,1-2H3,(H2,23,24,25). The Labute approximate surface area is 174 Å². The number of aliphatic imine (C=N–C) groups is 1. The molecule has 0 radical (unpaired) electrons. The molecule has 7 nitrogen and oxygen atoms in total. The molecule has 0 unspecified atom stereocenters. The number of nitrogens with zero attached hydrogens (tertiary/aromatic N) is 2. The monoisotopic (exact) mass is 404 g/mol. The van der Waals surface area contributed by atoms with Gasteiger partial charge in [0.2, 0.25) is 5.91 Å². The third kappa shape index (κ3) is 10.3. The SMILES string of the molecule is CN(C)C(=O)CN=C(NCCCOCC1CCOCC1)NCCc1ccccc1. The number of guanidine groups is 1. The summed E-state index contributed by atoms with van der Waals surface area (Å²) in [4.78, 5) is 17.8. The molecule has 1 aromatic carbocycles. The number of hydrogen-bond donors (Lipinski definition) is 2. The number of amides is 1. The van der Waals surface area contributed by atoms with Crippen LogP contribution in [0, 0.1) is 5.92 Å². The van der Waals surface area contributed by atoms with Crippen LogP contribution in [0.2, 0.25) is 0 Å². The van der Waals surface area contributed by atoms with Gasteiger partial charge in [-0.2, -0.15) is 0 Å². The van der Waals surface area contributed by atoms with Crippen molar-refractivity contribution in [2.24, 2.45) is 10.9 Å². The molecular formula is C22H36N4O3. The lowest BCUT2D eigenvalue weighted by molar-refractivity contribution is -0.127. The van der Waals surface area contributed by atoms with Crippen molar-refractivity contribution >= 4 is 11.9 Å². The summed E-state index contributed by atoms with van der Waals surface area (Å²) in [5, 5.41) is 6.63. The van der Waals surface area contributed by atoms with Crippen LogP contribution in [-0.4, -0.2) is 76.9 Å². The Morgan fingerprint density at radius 3 is 2.62 bits per heavy atom. The van der Waals surface area contributed by atoms with Gasteiger partial charge in [0.15, 0.2) is 5.96 Å². The molecule has 0 aromatic heterocycles. The van der Waals surface area contributed by atoms with Gasteiger partial charge < -0.3 is 25.0 Å². The van der Waals surface area contributed by atoms with Crippen molar-refractivity contribution in [3.8, 4) is 0 Å². The Morgan fingerprint density at radius 2 is 1.90 bits per heavy atom. The van der Waals surface area contributed by atoms with E-state index in [-0.39, 0.29) is 12.5 Å². The normalized spacial score (nSPS) is 15.2. The van der Waals surface area contributed by atoms with Crippen LogP contribution in [0.25, 0.3) is 0 Å². The largest absolute Gasteiger partial charge is 0.381 e. The fourth-order valence-corrected chi connectivity index (χ4v) is 2.98. The van der Waals surface area contributed by atoms with Crippen LogP contribution >= 0.6 is 0 Å². The minimum atomic E-state index is -0.0195. The number of carbonyl (C=O) groups is 1. The third-order valence-electron chi connectivity index (χ3n) is 4.87. The summed E-state index contributed by atoms with van der Waals surface area (Å²) in [6.45, 7) is 4.89. The molecule has 2 N–H and O–H groups in total. The van der Waals surface area contributed by atoms with E-state index in [1.54, 1.807) is 19.0 Å². The predicted molar refractivity (Wildman–Crippen MR) is 116 cm³/mol. The second kappa shape index (κ2) is 14.0. The van der Waals surface area contributed by atoms with Crippen LogP contribution < -0.4 is 10.6 Å². The van der Waals surface area contributed by atoms with Gasteiger partial charge in [0.1, 0.15) is 6.54 Å². The zero-order valence-corrected chi connectivity index (χ0v) is 17.9. The zero-order valence-electron chi connectivity index (χ0n) is 17.9. The highest BCUT2D eigenvalue weighted by Crippen LogP contribution is 2.14. The number of benzene rings is 1. The van der Waals surface area contributed by atoms with Crippen LogP contribution in [0.3, 0.4) is 0 Å². The molecule has 1 amide bonds. The molecular weight excluding hydrogens is 368 g/mol. The van der Waals surface area contributed by atoms with E-state index in [2.05, 4.69) is 27.8 Å². The maximum absolute atomic E-state index is 11.8. The summed E-state index contributed by atoms with van der Waals surface area (Å²) >= 11 is 0. The number of likely N-dealkylation sites (N-methyl/N-ethyl adjacent to an activating group) is 1. The summed E-state index contributed by atoms with van der Waals surface area (Å²) in [5.41, 5.74) is 1.27. The van der Waals surface area contributed by atoms with E-state index < -0.39 is 0 Å². The van der Waals surface area contributed by atoms with E-state index in [1.807, 2.05) is 18.2 Å². The van der Waals surface area contributed by atoms with Gasteiger partial charge in [-0.25, -0.2) is 4.99 Å². The van der Waals surface area contributed by atoms with Crippen molar-refractivity contribution in [2.75, 3.05) is 60.2 Å². The summed E-state index contributed by atoms with van der Waals surface area (Å²) in [6.07, 6.45) is 3.99. The first kappa shape index (κ1) is 23.2. The van der Waals surface area contributed by atoms with Crippen LogP contribution in [0.15, 0.2) is 35.3 Å². The van der Waals surface area contributed by atoms with Gasteiger partial charge >= 0.3 is 0 Å². The Bertz CT molecular complexity index is 601. The molecule has 1 saturated heterocycles. The Kier molecular flexibility index (Phi) is 11.1. The molecule has 1 aliphatic heterocycles. The van der Waals surface area contributed by atoms with Crippen molar-refractivity contribution < 1.29 is 14.3 Å². The maximum atomic E-state index is 11.8. The predicted octanol–water partition coefficient (Wildman–Crippen LogP) is 1.69.